The minimum atomic E-state index is 0.766. The van der Waals surface area contributed by atoms with Crippen molar-refractivity contribution in [2.75, 3.05) is 13.7 Å². The van der Waals surface area contributed by atoms with E-state index in [2.05, 4.69) is 48.4 Å². The first-order chi connectivity index (χ1) is 9.65. The molecule has 2 rings (SSSR count). The van der Waals surface area contributed by atoms with E-state index >= 15 is 0 Å². The molecule has 1 heterocycles. The van der Waals surface area contributed by atoms with Crippen LogP contribution in [0.1, 0.15) is 29.5 Å². The molecule has 3 nitrogen and oxygen atoms in total. The van der Waals surface area contributed by atoms with Gasteiger partial charge in [-0.1, -0.05) is 18.5 Å². The van der Waals surface area contributed by atoms with Gasteiger partial charge < -0.3 is 10.1 Å². The predicted octanol–water partition coefficient (Wildman–Crippen LogP) is 4.13. The van der Waals surface area contributed by atoms with Crippen molar-refractivity contribution in [3.63, 3.8) is 0 Å². The zero-order valence-corrected chi connectivity index (χ0v) is 13.4. The van der Waals surface area contributed by atoms with Gasteiger partial charge in [0, 0.05) is 23.8 Å². The number of aryl methyl sites for hydroxylation is 1. The number of hydrogen-bond donors (Lipinski definition) is 1. The van der Waals surface area contributed by atoms with Gasteiger partial charge in [-0.25, -0.2) is 0 Å². The van der Waals surface area contributed by atoms with Crippen LogP contribution in [0.15, 0.2) is 24.3 Å². The number of benzene rings is 1. The maximum absolute atomic E-state index is 5.61. The summed E-state index contributed by atoms with van der Waals surface area (Å²) in [4.78, 5) is 1.38. The van der Waals surface area contributed by atoms with E-state index in [0.29, 0.717) is 0 Å². The van der Waals surface area contributed by atoms with E-state index in [1.165, 1.54) is 10.6 Å². The summed E-state index contributed by atoms with van der Waals surface area (Å²) in [5.74, 6) is 0.927. The molecular weight excluding hydrogens is 268 g/mol. The van der Waals surface area contributed by atoms with Crippen LogP contribution in [0.3, 0.4) is 0 Å². The quantitative estimate of drug-likeness (QED) is 0.865. The Kier molecular flexibility index (Phi) is 4.90. The molecule has 0 unspecified atom stereocenters. The van der Waals surface area contributed by atoms with Gasteiger partial charge in [0.15, 0.2) is 0 Å². The van der Waals surface area contributed by atoms with Gasteiger partial charge in [-0.2, -0.15) is 0 Å². The smallest absolute Gasteiger partial charge is 0.119 e. The maximum atomic E-state index is 5.61. The fraction of sp³-hybridized carbons (Fsp3) is 0.375. The van der Waals surface area contributed by atoms with Gasteiger partial charge in [0.25, 0.3) is 0 Å². The van der Waals surface area contributed by atoms with E-state index in [-0.39, 0.29) is 0 Å². The standard InChI is InChI=1S/C16H22N2OS/c1-5-10-19-15-8-6-14(7-9-15)16(17-4)11-18-12(2)13(3)20-18/h6-9,11,17H,5,10H2,1-4H3/b16-11-. The normalized spacial score (nSPS) is 11.7. The Bertz CT molecular complexity index is 578. The highest BCUT2D eigenvalue weighted by atomic mass is 32.1. The van der Waals surface area contributed by atoms with Crippen molar-refractivity contribution in [2.24, 2.45) is 0 Å². The molecule has 0 bridgehead atoms. The largest absolute Gasteiger partial charge is 0.494 e. The Morgan fingerprint density at radius 3 is 2.50 bits per heavy atom. The molecule has 0 aliphatic carbocycles. The highest BCUT2D eigenvalue weighted by molar-refractivity contribution is 7.08. The van der Waals surface area contributed by atoms with E-state index < -0.39 is 0 Å². The molecule has 0 aliphatic heterocycles. The lowest BCUT2D eigenvalue weighted by atomic mass is 10.1. The number of hydrogen-bond acceptors (Lipinski definition) is 3. The van der Waals surface area contributed by atoms with Gasteiger partial charge in [-0.3, -0.25) is 3.96 Å². The summed E-state index contributed by atoms with van der Waals surface area (Å²) < 4.78 is 7.79. The molecule has 1 aromatic heterocycles. The van der Waals surface area contributed by atoms with E-state index in [4.69, 9.17) is 4.74 Å². The first-order valence-corrected chi connectivity index (χ1v) is 7.70. The summed E-state index contributed by atoms with van der Waals surface area (Å²) in [6.45, 7) is 7.15. The van der Waals surface area contributed by atoms with Crippen LogP contribution >= 0.6 is 11.5 Å². The van der Waals surface area contributed by atoms with Crippen molar-refractivity contribution in [3.8, 4) is 5.75 Å². The second kappa shape index (κ2) is 6.66. The van der Waals surface area contributed by atoms with Gasteiger partial charge in [-0.15, -0.1) is 0 Å². The first kappa shape index (κ1) is 14.7. The molecular formula is C16H22N2OS. The van der Waals surface area contributed by atoms with Crippen LogP contribution < -0.4 is 10.1 Å². The minimum Gasteiger partial charge on any atom is -0.494 e. The number of aromatic nitrogens is 1. The Balaban J connectivity index is 2.16. The molecule has 0 amide bonds. The molecule has 0 radical (unpaired) electrons. The number of ether oxygens (including phenoxy) is 1. The highest BCUT2D eigenvalue weighted by Gasteiger charge is 2.06. The fourth-order valence-electron chi connectivity index (χ4n) is 1.87. The summed E-state index contributed by atoms with van der Waals surface area (Å²) in [5, 5.41) is 3.26. The third-order valence-corrected chi connectivity index (χ3v) is 4.37. The monoisotopic (exact) mass is 290 g/mol. The fourth-order valence-corrected chi connectivity index (χ4v) is 2.70. The van der Waals surface area contributed by atoms with E-state index in [1.807, 2.05) is 19.2 Å². The molecule has 20 heavy (non-hydrogen) atoms. The highest BCUT2D eigenvalue weighted by Crippen LogP contribution is 2.23. The second-order valence-corrected chi connectivity index (χ2v) is 5.91. The third-order valence-electron chi connectivity index (χ3n) is 3.23. The summed E-state index contributed by atoms with van der Waals surface area (Å²) in [7, 11) is 1.95. The molecule has 0 spiro atoms. The van der Waals surface area contributed by atoms with Crippen molar-refractivity contribution < 1.29 is 4.74 Å². The van der Waals surface area contributed by atoms with Crippen LogP contribution in [0.25, 0.3) is 11.9 Å². The lowest BCUT2D eigenvalue weighted by molar-refractivity contribution is 0.317. The SMILES string of the molecule is CCCOc1ccc(/C(=C/n2sc(C)c2C)NC)cc1. The average molecular weight is 290 g/mol. The molecule has 0 saturated heterocycles. The molecule has 1 N–H and O–H groups in total. The van der Waals surface area contributed by atoms with E-state index in [0.717, 1.165) is 30.0 Å². The lowest BCUT2D eigenvalue weighted by Gasteiger charge is -2.15. The molecule has 0 fully saturated rings. The van der Waals surface area contributed by atoms with Crippen LogP contribution in [0.2, 0.25) is 0 Å². The summed E-state index contributed by atoms with van der Waals surface area (Å²) >= 11 is 1.76. The number of rotatable bonds is 6. The van der Waals surface area contributed by atoms with Crippen LogP contribution in [0, 0.1) is 13.8 Å². The van der Waals surface area contributed by atoms with E-state index in [1.54, 1.807) is 11.5 Å². The predicted molar refractivity (Wildman–Crippen MR) is 87.2 cm³/mol. The van der Waals surface area contributed by atoms with Crippen molar-refractivity contribution in [1.82, 2.24) is 9.27 Å². The molecule has 2 aromatic rings. The molecule has 4 heteroatoms. The van der Waals surface area contributed by atoms with Gasteiger partial charge in [0.2, 0.25) is 0 Å². The minimum absolute atomic E-state index is 0.766. The summed E-state index contributed by atoms with van der Waals surface area (Å²) in [6, 6.07) is 8.22. The topological polar surface area (TPSA) is 26.2 Å². The maximum Gasteiger partial charge on any atom is 0.119 e. The van der Waals surface area contributed by atoms with Crippen LogP contribution in [0.5, 0.6) is 5.75 Å². The van der Waals surface area contributed by atoms with Crippen LogP contribution in [-0.2, 0) is 0 Å². The zero-order chi connectivity index (χ0) is 14.5. The zero-order valence-electron chi connectivity index (χ0n) is 12.6. The molecule has 0 aliphatic rings. The van der Waals surface area contributed by atoms with Crippen molar-refractivity contribution in [2.45, 2.75) is 27.2 Å². The number of nitrogens with one attached hydrogen (secondary N) is 1. The van der Waals surface area contributed by atoms with Gasteiger partial charge in [0.1, 0.15) is 5.75 Å². The first-order valence-electron chi connectivity index (χ1n) is 6.93. The molecule has 1 aromatic carbocycles. The Labute approximate surface area is 125 Å². The summed E-state index contributed by atoms with van der Waals surface area (Å²) in [5.41, 5.74) is 3.58. The van der Waals surface area contributed by atoms with Crippen LogP contribution in [0.4, 0.5) is 0 Å². The Morgan fingerprint density at radius 2 is 2.00 bits per heavy atom. The molecule has 0 saturated carbocycles. The van der Waals surface area contributed by atoms with Crippen LogP contribution in [-0.4, -0.2) is 17.6 Å². The number of nitrogens with zero attached hydrogens (tertiary/aromatic N) is 1. The molecule has 108 valence electrons. The third kappa shape index (κ3) is 3.25. The lowest BCUT2D eigenvalue weighted by Crippen LogP contribution is -2.08. The van der Waals surface area contributed by atoms with Crippen molar-refractivity contribution in [1.29, 1.82) is 0 Å². The Hall–Kier alpha value is -1.68. The summed E-state index contributed by atoms with van der Waals surface area (Å²) in [6.07, 6.45) is 3.16. The van der Waals surface area contributed by atoms with Gasteiger partial charge in [-0.05, 0) is 50.1 Å². The van der Waals surface area contributed by atoms with Crippen molar-refractivity contribution >= 4 is 23.4 Å². The van der Waals surface area contributed by atoms with Crippen molar-refractivity contribution in [3.05, 3.63) is 40.4 Å². The van der Waals surface area contributed by atoms with E-state index in [9.17, 15) is 0 Å². The average Bonchev–Trinajstić information content (AvgIpc) is 2.49. The molecule has 0 atom stereocenters. The van der Waals surface area contributed by atoms with Gasteiger partial charge >= 0.3 is 0 Å². The van der Waals surface area contributed by atoms with Gasteiger partial charge in [0.05, 0.1) is 12.3 Å². The second-order valence-electron chi connectivity index (χ2n) is 4.72. The Morgan fingerprint density at radius 1 is 1.30 bits per heavy atom.